The molecule has 2 N–H and O–H groups in total. The molecule has 4 aliphatic carbocycles. The average molecular weight is 248 g/mol. The summed E-state index contributed by atoms with van der Waals surface area (Å²) in [6.07, 6.45) is 10.6. The fourth-order valence-corrected chi connectivity index (χ4v) is 6.01. The second kappa shape index (κ2) is 4.49. The smallest absolute Gasteiger partial charge is 0.0219 e. The van der Waals surface area contributed by atoms with Gasteiger partial charge >= 0.3 is 0 Å². The first kappa shape index (κ1) is 11.7. The Morgan fingerprint density at radius 3 is 2.22 bits per heavy atom. The molecule has 5 rings (SSSR count). The molecule has 4 saturated carbocycles. The van der Waals surface area contributed by atoms with E-state index in [1.54, 1.807) is 32.1 Å². The van der Waals surface area contributed by atoms with Crippen LogP contribution >= 0.6 is 0 Å². The first-order valence-corrected chi connectivity index (χ1v) is 8.27. The zero-order valence-corrected chi connectivity index (χ0v) is 11.6. The van der Waals surface area contributed by atoms with Gasteiger partial charge in [-0.2, -0.15) is 0 Å². The molecule has 1 saturated heterocycles. The number of nitrogens with zero attached hydrogens (tertiary/aromatic N) is 1. The van der Waals surface area contributed by atoms with Gasteiger partial charge in [0.05, 0.1) is 0 Å². The normalized spacial score (nSPS) is 51.2. The fraction of sp³-hybridized carbons (Fsp3) is 1.00. The molecule has 5 aliphatic rings. The van der Waals surface area contributed by atoms with Gasteiger partial charge in [-0.15, -0.1) is 0 Å². The molecule has 1 atom stereocenters. The Labute approximate surface area is 111 Å². The SMILES string of the molecule is NCC1CCCN1CC1C2CC3CC(C2)CC1C3. The van der Waals surface area contributed by atoms with Crippen molar-refractivity contribution in [3.63, 3.8) is 0 Å². The van der Waals surface area contributed by atoms with E-state index in [-0.39, 0.29) is 0 Å². The Morgan fingerprint density at radius 2 is 1.61 bits per heavy atom. The Balaban J connectivity index is 1.45. The highest BCUT2D eigenvalue weighted by Crippen LogP contribution is 2.56. The maximum atomic E-state index is 5.93. The predicted molar refractivity (Wildman–Crippen MR) is 74.2 cm³/mol. The van der Waals surface area contributed by atoms with Crippen molar-refractivity contribution in [1.29, 1.82) is 0 Å². The van der Waals surface area contributed by atoms with Crippen LogP contribution in [0.1, 0.15) is 44.9 Å². The van der Waals surface area contributed by atoms with Gasteiger partial charge in [-0.05, 0) is 81.1 Å². The van der Waals surface area contributed by atoms with Crippen LogP contribution in [0.15, 0.2) is 0 Å². The first-order chi connectivity index (χ1) is 8.83. The average Bonchev–Trinajstić information content (AvgIpc) is 2.80. The first-order valence-electron chi connectivity index (χ1n) is 8.27. The van der Waals surface area contributed by atoms with Crippen LogP contribution in [0.4, 0.5) is 0 Å². The quantitative estimate of drug-likeness (QED) is 0.831. The summed E-state index contributed by atoms with van der Waals surface area (Å²) in [4.78, 5) is 2.74. The summed E-state index contributed by atoms with van der Waals surface area (Å²) in [5, 5.41) is 0. The van der Waals surface area contributed by atoms with Crippen molar-refractivity contribution in [1.82, 2.24) is 4.90 Å². The molecule has 0 aromatic rings. The molecule has 5 fully saturated rings. The van der Waals surface area contributed by atoms with E-state index in [9.17, 15) is 0 Å². The minimum Gasteiger partial charge on any atom is -0.329 e. The van der Waals surface area contributed by atoms with Crippen LogP contribution in [0.25, 0.3) is 0 Å². The Morgan fingerprint density at radius 1 is 0.944 bits per heavy atom. The van der Waals surface area contributed by atoms with Crippen LogP contribution < -0.4 is 5.73 Å². The lowest BCUT2D eigenvalue weighted by Crippen LogP contribution is -2.50. The topological polar surface area (TPSA) is 29.3 Å². The summed E-state index contributed by atoms with van der Waals surface area (Å²) in [6, 6.07) is 0.710. The lowest BCUT2D eigenvalue weighted by molar-refractivity contribution is -0.0499. The van der Waals surface area contributed by atoms with Gasteiger partial charge in [0.25, 0.3) is 0 Å². The summed E-state index contributed by atoms with van der Waals surface area (Å²) in [5.41, 5.74) is 5.93. The van der Waals surface area contributed by atoms with Crippen LogP contribution in [0.3, 0.4) is 0 Å². The van der Waals surface area contributed by atoms with Gasteiger partial charge in [0.2, 0.25) is 0 Å². The van der Waals surface area contributed by atoms with Crippen LogP contribution in [-0.2, 0) is 0 Å². The van der Waals surface area contributed by atoms with Gasteiger partial charge in [-0.1, -0.05) is 0 Å². The summed E-state index contributed by atoms with van der Waals surface area (Å²) < 4.78 is 0. The second-order valence-corrected chi connectivity index (χ2v) is 7.62. The van der Waals surface area contributed by atoms with Gasteiger partial charge in [0, 0.05) is 19.1 Å². The molecule has 102 valence electrons. The van der Waals surface area contributed by atoms with Gasteiger partial charge in [0.15, 0.2) is 0 Å². The van der Waals surface area contributed by atoms with Crippen LogP contribution in [0.2, 0.25) is 0 Å². The monoisotopic (exact) mass is 248 g/mol. The van der Waals surface area contributed by atoms with Gasteiger partial charge in [0.1, 0.15) is 0 Å². The summed E-state index contributed by atoms with van der Waals surface area (Å²) in [5.74, 6) is 5.44. The van der Waals surface area contributed by atoms with E-state index in [2.05, 4.69) is 4.90 Å². The van der Waals surface area contributed by atoms with E-state index in [1.807, 2.05) is 0 Å². The molecular formula is C16H28N2. The third-order valence-corrected chi connectivity index (χ3v) is 6.64. The molecular weight excluding hydrogens is 220 g/mol. The van der Waals surface area contributed by atoms with Crippen LogP contribution in [-0.4, -0.2) is 30.6 Å². The molecule has 1 heterocycles. The van der Waals surface area contributed by atoms with Crippen LogP contribution in [0.5, 0.6) is 0 Å². The number of hydrogen-bond donors (Lipinski definition) is 1. The Hall–Kier alpha value is -0.0800. The number of nitrogens with two attached hydrogens (primary N) is 1. The summed E-state index contributed by atoms with van der Waals surface area (Å²) in [7, 11) is 0. The van der Waals surface area contributed by atoms with Crippen molar-refractivity contribution < 1.29 is 0 Å². The lowest BCUT2D eigenvalue weighted by atomic mass is 9.52. The molecule has 0 aromatic carbocycles. The molecule has 0 aromatic heterocycles. The molecule has 4 bridgehead atoms. The van der Waals surface area contributed by atoms with Crippen molar-refractivity contribution >= 4 is 0 Å². The summed E-state index contributed by atoms with van der Waals surface area (Å²) in [6.45, 7) is 3.59. The number of rotatable bonds is 3. The van der Waals surface area contributed by atoms with Gasteiger partial charge in [-0.25, -0.2) is 0 Å². The third-order valence-electron chi connectivity index (χ3n) is 6.64. The minimum absolute atomic E-state index is 0.710. The lowest BCUT2D eigenvalue weighted by Gasteiger charge is -2.55. The maximum Gasteiger partial charge on any atom is 0.0219 e. The van der Waals surface area contributed by atoms with Crippen molar-refractivity contribution in [3.8, 4) is 0 Å². The van der Waals surface area contributed by atoms with Crippen molar-refractivity contribution in [3.05, 3.63) is 0 Å². The minimum atomic E-state index is 0.710. The molecule has 2 heteroatoms. The van der Waals surface area contributed by atoms with E-state index in [4.69, 9.17) is 5.73 Å². The van der Waals surface area contributed by atoms with Crippen molar-refractivity contribution in [2.45, 2.75) is 51.0 Å². The third kappa shape index (κ3) is 1.84. The molecule has 2 nitrogen and oxygen atoms in total. The molecule has 1 aliphatic heterocycles. The zero-order valence-electron chi connectivity index (χ0n) is 11.6. The Bertz CT molecular complexity index is 286. The standard InChI is InChI=1S/C16H28N2/c17-9-15-2-1-3-18(15)10-16-13-5-11-4-12(7-13)8-14(16)6-11/h11-16H,1-10,17H2. The molecule has 1 unspecified atom stereocenters. The van der Waals surface area contributed by atoms with E-state index in [1.165, 1.54) is 25.9 Å². The van der Waals surface area contributed by atoms with Crippen LogP contribution in [0, 0.1) is 29.6 Å². The highest BCUT2D eigenvalue weighted by Gasteiger charge is 2.48. The van der Waals surface area contributed by atoms with E-state index < -0.39 is 0 Å². The molecule has 0 amide bonds. The van der Waals surface area contributed by atoms with E-state index in [0.29, 0.717) is 6.04 Å². The van der Waals surface area contributed by atoms with Gasteiger partial charge in [-0.3, -0.25) is 4.90 Å². The highest BCUT2D eigenvalue weighted by atomic mass is 15.2. The fourth-order valence-electron chi connectivity index (χ4n) is 6.01. The van der Waals surface area contributed by atoms with E-state index in [0.717, 1.165) is 36.1 Å². The largest absolute Gasteiger partial charge is 0.329 e. The number of hydrogen-bond acceptors (Lipinski definition) is 2. The zero-order chi connectivity index (χ0) is 12.1. The van der Waals surface area contributed by atoms with Crippen molar-refractivity contribution in [2.75, 3.05) is 19.6 Å². The second-order valence-electron chi connectivity index (χ2n) is 7.62. The molecule has 18 heavy (non-hydrogen) atoms. The maximum absolute atomic E-state index is 5.93. The van der Waals surface area contributed by atoms with Gasteiger partial charge < -0.3 is 5.73 Å². The van der Waals surface area contributed by atoms with Crippen molar-refractivity contribution in [2.24, 2.45) is 35.3 Å². The highest BCUT2D eigenvalue weighted by molar-refractivity contribution is 4.99. The number of likely N-dealkylation sites (tertiary alicyclic amines) is 1. The molecule has 0 spiro atoms. The Kier molecular flexibility index (Phi) is 2.92. The molecule has 0 radical (unpaired) electrons. The van der Waals surface area contributed by atoms with E-state index >= 15 is 0 Å². The summed E-state index contributed by atoms with van der Waals surface area (Å²) >= 11 is 0. The predicted octanol–water partition coefficient (Wildman–Crippen LogP) is 2.48.